The first-order valence-corrected chi connectivity index (χ1v) is 14.9. The molecule has 24 heteroatoms. The highest BCUT2D eigenvalue weighted by atomic mass is 16.6. The summed E-state index contributed by atoms with van der Waals surface area (Å²) in [5.74, 6) is 0. The van der Waals surface area contributed by atoms with E-state index in [4.69, 9.17) is 29.5 Å². The Morgan fingerprint density at radius 3 is 0.863 bits per heavy atom. The summed E-state index contributed by atoms with van der Waals surface area (Å²) in [6, 6.07) is 3.28. The number of aliphatic hydroxyl groups excluding tert-OH is 9. The first-order valence-electron chi connectivity index (χ1n) is 14.9. The second-order valence-electron chi connectivity index (χ2n) is 11.2. The molecule has 12 N–H and O–H groups in total. The Bertz CT molecular complexity index is 1750. The van der Waals surface area contributed by atoms with Gasteiger partial charge < -0.3 is 60.2 Å². The Morgan fingerprint density at radius 1 is 0.451 bits per heavy atom. The van der Waals surface area contributed by atoms with E-state index in [1.54, 1.807) is 0 Å². The molecule has 3 fully saturated rings. The van der Waals surface area contributed by atoms with Gasteiger partial charge in [0.25, 0.3) is 16.7 Å². The quantitative estimate of drug-likeness (QED) is 0.112. The predicted octanol–water partition coefficient (Wildman–Crippen LogP) is -8.56. The Hall–Kier alpha value is -4.44. The number of nitrogens with zero attached hydrogens (tertiary/aromatic N) is 3. The monoisotopic (exact) mass is 732 g/mol. The number of ether oxygens (including phenoxy) is 3. The maximum absolute atomic E-state index is 11.4. The van der Waals surface area contributed by atoms with Crippen LogP contribution >= 0.6 is 0 Å². The molecule has 0 spiro atoms. The van der Waals surface area contributed by atoms with Crippen LogP contribution in [0.25, 0.3) is 0 Å². The van der Waals surface area contributed by atoms with Gasteiger partial charge in [-0.3, -0.25) is 43.0 Å². The van der Waals surface area contributed by atoms with Crippen molar-refractivity contribution in [3.8, 4) is 0 Å². The van der Waals surface area contributed by atoms with Gasteiger partial charge in [0.05, 0.1) is 19.8 Å². The number of rotatable bonds is 6. The van der Waals surface area contributed by atoms with Gasteiger partial charge >= 0.3 is 17.1 Å². The Kier molecular flexibility index (Phi) is 12.9. The van der Waals surface area contributed by atoms with Gasteiger partial charge in [0.15, 0.2) is 18.7 Å². The molecule has 3 aliphatic rings. The Labute approximate surface area is 281 Å². The summed E-state index contributed by atoms with van der Waals surface area (Å²) >= 11 is 0. The average molecular weight is 733 g/mol. The van der Waals surface area contributed by atoms with Crippen LogP contribution in [0, 0.1) is 0 Å². The van der Waals surface area contributed by atoms with Gasteiger partial charge in [-0.05, 0) is 0 Å². The molecule has 6 heterocycles. The lowest BCUT2D eigenvalue weighted by molar-refractivity contribution is -0.0550. The lowest BCUT2D eigenvalue weighted by atomic mass is 10.1. The highest BCUT2D eigenvalue weighted by Gasteiger charge is 2.45. The summed E-state index contributed by atoms with van der Waals surface area (Å²) < 4.78 is 18.2. The van der Waals surface area contributed by atoms with Crippen LogP contribution in [0.3, 0.4) is 0 Å². The summed E-state index contributed by atoms with van der Waals surface area (Å²) in [6.07, 6.45) is -10.7. The molecule has 3 aromatic heterocycles. The van der Waals surface area contributed by atoms with Crippen molar-refractivity contribution in [1.29, 1.82) is 0 Å². The second-order valence-corrected chi connectivity index (χ2v) is 11.2. The number of aromatic nitrogens is 6. The summed E-state index contributed by atoms with van der Waals surface area (Å²) in [6.45, 7) is -1.44. The molecule has 0 saturated carbocycles. The van der Waals surface area contributed by atoms with Gasteiger partial charge in [0.2, 0.25) is 0 Å². The number of H-pyrrole nitrogens is 3. The minimum Gasteiger partial charge on any atom is -0.394 e. The van der Waals surface area contributed by atoms with Crippen molar-refractivity contribution in [1.82, 2.24) is 28.7 Å². The van der Waals surface area contributed by atoms with Crippen molar-refractivity contribution in [3.63, 3.8) is 0 Å². The summed E-state index contributed by atoms with van der Waals surface area (Å²) in [7, 11) is 0. The van der Waals surface area contributed by atoms with E-state index in [1.165, 1.54) is 0 Å². The maximum Gasteiger partial charge on any atom is 0.330 e. The molecule has 0 unspecified atom stereocenters. The third kappa shape index (κ3) is 8.55. The third-order valence-corrected chi connectivity index (χ3v) is 7.93. The molecular weight excluding hydrogens is 696 g/mol. The molecule has 3 aromatic rings. The molecule has 0 bridgehead atoms. The summed E-state index contributed by atoms with van der Waals surface area (Å²) in [4.78, 5) is 72.9. The standard InChI is InChI=1S/3C9H12N2O6/c3*12-3-4-6(14)7(15)8(17-4)11-2-1-5(13)10-9(11)16/h3*1-2,4,6-8,12,14-15H,3H2,(H,10,13,16)/t3*4-,6-,7-,8-/m111/s1. The van der Waals surface area contributed by atoms with Crippen molar-refractivity contribution >= 4 is 0 Å². The molecule has 0 aliphatic carbocycles. The molecule has 0 radical (unpaired) electrons. The highest BCUT2D eigenvalue weighted by Crippen LogP contribution is 2.29. The minimum atomic E-state index is -1.35. The molecular formula is C27H36N6O18. The van der Waals surface area contributed by atoms with E-state index < -0.39 is 127 Å². The van der Waals surface area contributed by atoms with E-state index in [0.717, 1.165) is 50.5 Å². The first kappa shape index (κ1) is 39.3. The van der Waals surface area contributed by atoms with Gasteiger partial charge in [-0.2, -0.15) is 0 Å². The fraction of sp³-hybridized carbons (Fsp3) is 0.556. The van der Waals surface area contributed by atoms with Crippen molar-refractivity contribution in [3.05, 3.63) is 99.3 Å². The number of aliphatic hydroxyl groups is 9. The summed E-state index contributed by atoms with van der Waals surface area (Å²) in [5.41, 5.74) is -3.99. The molecule has 3 aliphatic heterocycles. The van der Waals surface area contributed by atoms with E-state index in [9.17, 15) is 59.4 Å². The van der Waals surface area contributed by atoms with Crippen LogP contribution in [0.5, 0.6) is 0 Å². The van der Waals surface area contributed by atoms with E-state index in [-0.39, 0.29) is 0 Å². The number of hydrogen-bond acceptors (Lipinski definition) is 18. The lowest BCUT2D eigenvalue weighted by Gasteiger charge is -2.16. The largest absolute Gasteiger partial charge is 0.394 e. The molecule has 12 atom stereocenters. The fourth-order valence-corrected chi connectivity index (χ4v) is 5.21. The highest BCUT2D eigenvalue weighted by molar-refractivity contribution is 4.95. The fourth-order valence-electron chi connectivity index (χ4n) is 5.21. The van der Waals surface area contributed by atoms with E-state index in [0.29, 0.717) is 0 Å². The van der Waals surface area contributed by atoms with Crippen LogP contribution in [0.4, 0.5) is 0 Å². The van der Waals surface area contributed by atoms with Crippen molar-refractivity contribution in [2.45, 2.75) is 73.6 Å². The Balaban J connectivity index is 0.000000172. The van der Waals surface area contributed by atoms with Crippen LogP contribution in [0.15, 0.2) is 65.6 Å². The van der Waals surface area contributed by atoms with Crippen LogP contribution in [-0.4, -0.2) is 149 Å². The van der Waals surface area contributed by atoms with Crippen LogP contribution in [-0.2, 0) is 14.2 Å². The van der Waals surface area contributed by atoms with Gasteiger partial charge in [-0.15, -0.1) is 0 Å². The Morgan fingerprint density at radius 2 is 0.686 bits per heavy atom. The van der Waals surface area contributed by atoms with Crippen LogP contribution < -0.4 is 33.7 Å². The van der Waals surface area contributed by atoms with Crippen molar-refractivity contribution in [2.75, 3.05) is 19.8 Å². The number of hydrogen-bond donors (Lipinski definition) is 12. The zero-order chi connectivity index (χ0) is 37.7. The lowest BCUT2D eigenvalue weighted by Crippen LogP contribution is -2.37. The normalized spacial score (nSPS) is 32.9. The molecule has 6 rings (SSSR count). The first-order chi connectivity index (χ1) is 24.1. The smallest absolute Gasteiger partial charge is 0.330 e. The van der Waals surface area contributed by atoms with Crippen molar-refractivity contribution < 1.29 is 60.2 Å². The molecule has 51 heavy (non-hydrogen) atoms. The van der Waals surface area contributed by atoms with E-state index in [1.807, 2.05) is 15.0 Å². The minimum absolute atomic E-state index is 0.479. The zero-order valence-corrected chi connectivity index (χ0v) is 26.1. The second kappa shape index (κ2) is 16.7. The predicted molar refractivity (Wildman–Crippen MR) is 163 cm³/mol. The van der Waals surface area contributed by atoms with Crippen molar-refractivity contribution in [2.24, 2.45) is 0 Å². The molecule has 0 amide bonds. The van der Waals surface area contributed by atoms with Gasteiger partial charge in [0.1, 0.15) is 54.9 Å². The topological polar surface area (TPSA) is 374 Å². The average Bonchev–Trinajstić information content (AvgIpc) is 3.66. The molecule has 282 valence electrons. The van der Waals surface area contributed by atoms with Gasteiger partial charge in [0, 0.05) is 36.8 Å². The third-order valence-electron chi connectivity index (χ3n) is 7.93. The summed E-state index contributed by atoms with van der Waals surface area (Å²) in [5, 5.41) is 84.2. The van der Waals surface area contributed by atoms with Crippen LogP contribution in [0.2, 0.25) is 0 Å². The van der Waals surface area contributed by atoms with Gasteiger partial charge in [-0.25, -0.2) is 14.4 Å². The number of nitrogens with one attached hydrogen (secondary N) is 3. The van der Waals surface area contributed by atoms with Crippen LogP contribution in [0.1, 0.15) is 18.7 Å². The molecule has 0 aromatic carbocycles. The van der Waals surface area contributed by atoms with Gasteiger partial charge in [-0.1, -0.05) is 0 Å². The molecule has 24 nitrogen and oxygen atoms in total. The van der Waals surface area contributed by atoms with E-state index >= 15 is 0 Å². The number of aromatic amines is 3. The molecule has 3 saturated heterocycles. The zero-order valence-electron chi connectivity index (χ0n) is 26.1. The SMILES string of the molecule is O=c1ccn([C@@H]2O[C@H](CO)[C@@H](O)[C@H]2O)c(=O)[nH]1.O=c1ccn([C@@H]2O[C@H](CO)[C@@H](O)[C@H]2O)c(=O)[nH]1.O=c1ccn([C@@H]2O[C@H](CO)[C@@H](O)[C@H]2O)c(=O)[nH]1. The van der Waals surface area contributed by atoms with E-state index in [2.05, 4.69) is 0 Å². The maximum atomic E-state index is 11.4.